The number of amides is 1. The zero-order valence-corrected chi connectivity index (χ0v) is 9.66. The van der Waals surface area contributed by atoms with Crippen molar-refractivity contribution in [2.24, 2.45) is 0 Å². The average molecular weight is 224 g/mol. The molecule has 1 rings (SSSR count). The van der Waals surface area contributed by atoms with Crippen molar-refractivity contribution in [3.05, 3.63) is 23.8 Å². The second-order valence-electron chi connectivity index (χ2n) is 3.31. The van der Waals surface area contributed by atoms with E-state index in [1.165, 1.54) is 7.11 Å². The van der Waals surface area contributed by atoms with Gasteiger partial charge in [0, 0.05) is 7.11 Å². The van der Waals surface area contributed by atoms with Gasteiger partial charge in [-0.3, -0.25) is 15.6 Å². The maximum Gasteiger partial charge on any atom is 0.264 e. The van der Waals surface area contributed by atoms with Crippen LogP contribution in [0.4, 0.5) is 5.69 Å². The van der Waals surface area contributed by atoms with Gasteiger partial charge in [-0.25, -0.2) is 0 Å². The Balaban J connectivity index is 2.65. The number of anilines is 1. The highest BCUT2D eigenvalue weighted by Gasteiger charge is 2.04. The molecule has 1 amide bonds. The predicted molar refractivity (Wildman–Crippen MR) is 61.4 cm³/mol. The number of carbonyl (C=O) groups is 1. The molecular weight excluding hydrogens is 208 g/mol. The Morgan fingerprint density at radius 2 is 2.12 bits per heavy atom. The molecule has 1 aromatic carbocycles. The first kappa shape index (κ1) is 12.3. The number of carbonyl (C=O) groups excluding carboxylic acids is 1. The lowest BCUT2D eigenvalue weighted by Gasteiger charge is -2.12. The van der Waals surface area contributed by atoms with Crippen molar-refractivity contribution >= 4 is 11.6 Å². The van der Waals surface area contributed by atoms with E-state index in [0.29, 0.717) is 11.4 Å². The molecule has 0 aliphatic carbocycles. The quantitative estimate of drug-likeness (QED) is 0.735. The minimum atomic E-state index is -0.244. The van der Waals surface area contributed by atoms with E-state index in [0.717, 1.165) is 5.56 Å². The normalized spacial score (nSPS) is 9.69. The van der Waals surface area contributed by atoms with Crippen molar-refractivity contribution in [3.8, 4) is 5.75 Å². The van der Waals surface area contributed by atoms with Crippen LogP contribution in [0, 0.1) is 6.92 Å². The maximum atomic E-state index is 11.2. The number of hydrogen-bond acceptors (Lipinski definition) is 4. The molecule has 0 spiro atoms. The van der Waals surface area contributed by atoms with Crippen LogP contribution in [0.25, 0.3) is 0 Å². The molecule has 0 aromatic heterocycles. The fourth-order valence-electron chi connectivity index (χ4n) is 1.22. The molecule has 0 atom stereocenters. The molecule has 5 nitrogen and oxygen atoms in total. The monoisotopic (exact) mass is 224 g/mol. The third kappa shape index (κ3) is 3.43. The Kier molecular flexibility index (Phi) is 4.60. The van der Waals surface area contributed by atoms with Gasteiger partial charge in [0.05, 0.1) is 12.8 Å². The first-order chi connectivity index (χ1) is 7.67. The smallest absolute Gasteiger partial charge is 0.264 e. The standard InChI is InChI=1S/C11H16N2O3/c1-8-4-5-10(16-3)9(6-8)12-13-11(14)7-15-2/h4-6,12H,7H2,1-3H3,(H,13,14). The van der Waals surface area contributed by atoms with Gasteiger partial charge in [0.1, 0.15) is 12.4 Å². The lowest BCUT2D eigenvalue weighted by atomic mass is 10.2. The lowest BCUT2D eigenvalue weighted by molar-refractivity contribution is -0.124. The van der Waals surface area contributed by atoms with E-state index in [1.807, 2.05) is 25.1 Å². The van der Waals surface area contributed by atoms with Gasteiger partial charge < -0.3 is 9.47 Å². The van der Waals surface area contributed by atoms with Crippen LogP contribution in [0.5, 0.6) is 5.75 Å². The number of ether oxygens (including phenoxy) is 2. The van der Waals surface area contributed by atoms with Gasteiger partial charge in [-0.05, 0) is 24.6 Å². The summed E-state index contributed by atoms with van der Waals surface area (Å²) in [6, 6.07) is 5.65. The molecule has 88 valence electrons. The first-order valence-electron chi connectivity index (χ1n) is 4.86. The second-order valence-corrected chi connectivity index (χ2v) is 3.31. The summed E-state index contributed by atoms with van der Waals surface area (Å²) in [6.45, 7) is 1.97. The Bertz CT molecular complexity index is 366. The molecule has 0 saturated heterocycles. The van der Waals surface area contributed by atoms with E-state index < -0.39 is 0 Å². The van der Waals surface area contributed by atoms with E-state index in [2.05, 4.69) is 15.6 Å². The fourth-order valence-corrected chi connectivity index (χ4v) is 1.22. The number of methoxy groups -OCH3 is 2. The van der Waals surface area contributed by atoms with Crippen LogP contribution < -0.4 is 15.6 Å². The van der Waals surface area contributed by atoms with Gasteiger partial charge in [0.2, 0.25) is 0 Å². The lowest BCUT2D eigenvalue weighted by Crippen LogP contribution is -2.32. The van der Waals surface area contributed by atoms with Gasteiger partial charge in [-0.15, -0.1) is 0 Å². The van der Waals surface area contributed by atoms with Crippen LogP contribution in [-0.2, 0) is 9.53 Å². The summed E-state index contributed by atoms with van der Waals surface area (Å²) in [5.41, 5.74) is 7.08. The summed E-state index contributed by atoms with van der Waals surface area (Å²) in [6.07, 6.45) is 0. The van der Waals surface area contributed by atoms with Crippen LogP contribution >= 0.6 is 0 Å². The van der Waals surface area contributed by atoms with Crippen molar-refractivity contribution in [3.63, 3.8) is 0 Å². The third-order valence-electron chi connectivity index (χ3n) is 1.97. The second kappa shape index (κ2) is 5.97. The molecule has 0 unspecified atom stereocenters. The number of aryl methyl sites for hydroxylation is 1. The molecule has 0 bridgehead atoms. The Morgan fingerprint density at radius 3 is 2.75 bits per heavy atom. The van der Waals surface area contributed by atoms with E-state index in [1.54, 1.807) is 7.11 Å². The van der Waals surface area contributed by atoms with E-state index in [9.17, 15) is 4.79 Å². The van der Waals surface area contributed by atoms with Gasteiger partial charge in [0.15, 0.2) is 0 Å². The Hall–Kier alpha value is -1.75. The molecule has 0 heterocycles. The zero-order valence-electron chi connectivity index (χ0n) is 9.66. The summed E-state index contributed by atoms with van der Waals surface area (Å²) in [5.74, 6) is 0.425. The highest BCUT2D eigenvalue weighted by atomic mass is 16.5. The van der Waals surface area contributed by atoms with E-state index in [-0.39, 0.29) is 12.5 Å². The van der Waals surface area contributed by atoms with Crippen molar-refractivity contribution in [1.82, 2.24) is 5.43 Å². The number of rotatable bonds is 5. The van der Waals surface area contributed by atoms with Crippen molar-refractivity contribution in [2.75, 3.05) is 26.3 Å². The van der Waals surface area contributed by atoms with Crippen molar-refractivity contribution in [1.29, 1.82) is 0 Å². The van der Waals surface area contributed by atoms with Crippen molar-refractivity contribution in [2.45, 2.75) is 6.92 Å². The largest absolute Gasteiger partial charge is 0.495 e. The van der Waals surface area contributed by atoms with Crippen molar-refractivity contribution < 1.29 is 14.3 Å². The number of hydrazine groups is 1. The molecule has 2 N–H and O–H groups in total. The van der Waals surface area contributed by atoms with Gasteiger partial charge in [0.25, 0.3) is 5.91 Å². The van der Waals surface area contributed by atoms with Gasteiger partial charge in [-0.1, -0.05) is 6.07 Å². The molecule has 0 fully saturated rings. The van der Waals surface area contributed by atoms with E-state index >= 15 is 0 Å². The van der Waals surface area contributed by atoms with Crippen LogP contribution in [0.3, 0.4) is 0 Å². The van der Waals surface area contributed by atoms with Crippen LogP contribution in [0.1, 0.15) is 5.56 Å². The summed E-state index contributed by atoms with van der Waals surface area (Å²) in [5, 5.41) is 0. The minimum absolute atomic E-state index is 0.0150. The molecule has 0 radical (unpaired) electrons. The van der Waals surface area contributed by atoms with Crippen LogP contribution in [0.2, 0.25) is 0 Å². The summed E-state index contributed by atoms with van der Waals surface area (Å²) >= 11 is 0. The number of hydrogen-bond donors (Lipinski definition) is 2. The Morgan fingerprint density at radius 1 is 1.38 bits per heavy atom. The first-order valence-corrected chi connectivity index (χ1v) is 4.86. The topological polar surface area (TPSA) is 59.6 Å². The molecule has 16 heavy (non-hydrogen) atoms. The van der Waals surface area contributed by atoms with Gasteiger partial charge >= 0.3 is 0 Å². The molecule has 1 aromatic rings. The highest BCUT2D eigenvalue weighted by Crippen LogP contribution is 2.24. The zero-order chi connectivity index (χ0) is 12.0. The maximum absolute atomic E-state index is 11.2. The number of nitrogens with one attached hydrogen (secondary N) is 2. The molecule has 5 heteroatoms. The summed E-state index contributed by atoms with van der Waals surface area (Å²) < 4.78 is 9.84. The predicted octanol–water partition coefficient (Wildman–Crippen LogP) is 1.09. The van der Waals surface area contributed by atoms with Gasteiger partial charge in [-0.2, -0.15) is 0 Å². The minimum Gasteiger partial charge on any atom is -0.495 e. The molecular formula is C11H16N2O3. The molecule has 0 aliphatic heterocycles. The SMILES string of the molecule is COCC(=O)NNc1cc(C)ccc1OC. The average Bonchev–Trinajstić information content (AvgIpc) is 2.27. The molecule has 0 aliphatic rings. The Labute approximate surface area is 94.7 Å². The third-order valence-corrected chi connectivity index (χ3v) is 1.97. The fraction of sp³-hybridized carbons (Fsp3) is 0.364. The van der Waals surface area contributed by atoms with Crippen LogP contribution in [-0.4, -0.2) is 26.7 Å². The summed E-state index contributed by atoms with van der Waals surface area (Å²) in [7, 11) is 3.04. The highest BCUT2D eigenvalue weighted by molar-refractivity contribution is 5.79. The molecule has 0 saturated carbocycles. The number of benzene rings is 1. The summed E-state index contributed by atoms with van der Waals surface area (Å²) in [4.78, 5) is 11.2. The van der Waals surface area contributed by atoms with Crippen LogP contribution in [0.15, 0.2) is 18.2 Å². The van der Waals surface area contributed by atoms with E-state index in [4.69, 9.17) is 4.74 Å².